The van der Waals surface area contributed by atoms with Crippen molar-refractivity contribution in [2.24, 2.45) is 0 Å². The van der Waals surface area contributed by atoms with Crippen molar-refractivity contribution in [3.05, 3.63) is 65.2 Å². The van der Waals surface area contributed by atoms with E-state index < -0.39 is 16.1 Å². The summed E-state index contributed by atoms with van der Waals surface area (Å²) in [4.78, 5) is 27.6. The van der Waals surface area contributed by atoms with Crippen molar-refractivity contribution in [3.8, 4) is 0 Å². The molecule has 2 rings (SSSR count). The van der Waals surface area contributed by atoms with Crippen LogP contribution in [0.4, 0.5) is 5.69 Å². The van der Waals surface area contributed by atoms with Gasteiger partial charge in [0.1, 0.15) is 6.04 Å². The maximum absolute atomic E-state index is 13.3. The van der Waals surface area contributed by atoms with Crippen LogP contribution in [0.1, 0.15) is 56.2 Å². The molecular formula is C27H39N3O4S. The molecule has 2 aromatic rings. The molecule has 1 N–H and O–H groups in total. The summed E-state index contributed by atoms with van der Waals surface area (Å²) >= 11 is 0. The van der Waals surface area contributed by atoms with Crippen molar-refractivity contribution >= 4 is 27.5 Å². The van der Waals surface area contributed by atoms with Gasteiger partial charge in [-0.3, -0.25) is 13.9 Å². The highest BCUT2D eigenvalue weighted by Gasteiger charge is 2.26. The zero-order valence-corrected chi connectivity index (χ0v) is 22.4. The van der Waals surface area contributed by atoms with Crippen LogP contribution in [-0.4, -0.2) is 50.5 Å². The predicted octanol–water partition coefficient (Wildman–Crippen LogP) is 4.18. The molecule has 2 amide bonds. The van der Waals surface area contributed by atoms with Crippen molar-refractivity contribution in [1.29, 1.82) is 0 Å². The molecular weight excluding hydrogens is 462 g/mol. The highest BCUT2D eigenvalue weighted by Crippen LogP contribution is 2.20. The van der Waals surface area contributed by atoms with E-state index in [-0.39, 0.29) is 24.8 Å². The average Bonchev–Trinajstić information content (AvgIpc) is 2.81. The van der Waals surface area contributed by atoms with Gasteiger partial charge in [-0.2, -0.15) is 0 Å². The fraction of sp³-hybridized carbons (Fsp3) is 0.481. The number of carbonyl (C=O) groups is 2. The predicted molar refractivity (Wildman–Crippen MR) is 142 cm³/mol. The van der Waals surface area contributed by atoms with Gasteiger partial charge in [0.15, 0.2) is 0 Å². The Morgan fingerprint density at radius 1 is 0.943 bits per heavy atom. The molecule has 35 heavy (non-hydrogen) atoms. The molecule has 1 atom stereocenters. The summed E-state index contributed by atoms with van der Waals surface area (Å²) in [6, 6.07) is 14.5. The van der Waals surface area contributed by atoms with E-state index in [1.165, 1.54) is 10.6 Å². The molecule has 0 saturated carbocycles. The van der Waals surface area contributed by atoms with Gasteiger partial charge < -0.3 is 10.2 Å². The highest BCUT2D eigenvalue weighted by atomic mass is 32.2. The lowest BCUT2D eigenvalue weighted by molar-refractivity contribution is -0.140. The van der Waals surface area contributed by atoms with Crippen LogP contribution in [-0.2, 0) is 26.2 Å². The number of benzene rings is 2. The number of unbranched alkanes of at least 4 members (excludes halogenated alkanes) is 1. The summed E-state index contributed by atoms with van der Waals surface area (Å²) in [5.41, 5.74) is 3.67. The lowest BCUT2D eigenvalue weighted by atomic mass is 10.1. The van der Waals surface area contributed by atoms with Crippen molar-refractivity contribution in [2.45, 2.75) is 66.0 Å². The van der Waals surface area contributed by atoms with Crippen molar-refractivity contribution in [3.63, 3.8) is 0 Å². The summed E-state index contributed by atoms with van der Waals surface area (Å²) < 4.78 is 26.1. The Morgan fingerprint density at radius 3 is 2.06 bits per heavy atom. The second kappa shape index (κ2) is 13.3. The van der Waals surface area contributed by atoms with Crippen LogP contribution < -0.4 is 9.62 Å². The molecule has 0 aromatic heterocycles. The van der Waals surface area contributed by atoms with Gasteiger partial charge in [-0.15, -0.1) is 0 Å². The third kappa shape index (κ3) is 9.02. The Bertz CT molecular complexity index is 1070. The monoisotopic (exact) mass is 501 g/mol. The molecule has 8 heteroatoms. The van der Waals surface area contributed by atoms with Gasteiger partial charge in [0.05, 0.1) is 11.9 Å². The second-order valence-electron chi connectivity index (χ2n) is 9.10. The van der Waals surface area contributed by atoms with Gasteiger partial charge in [0.25, 0.3) is 0 Å². The number of anilines is 1. The molecule has 0 spiro atoms. The molecule has 0 saturated heterocycles. The Morgan fingerprint density at radius 2 is 1.51 bits per heavy atom. The Labute approximate surface area is 210 Å². The fourth-order valence-corrected chi connectivity index (χ4v) is 4.69. The van der Waals surface area contributed by atoms with Crippen LogP contribution in [0.15, 0.2) is 48.5 Å². The maximum Gasteiger partial charge on any atom is 0.242 e. The van der Waals surface area contributed by atoms with Gasteiger partial charge in [0.2, 0.25) is 21.8 Å². The Hall–Kier alpha value is -2.87. The zero-order chi connectivity index (χ0) is 26.0. The minimum absolute atomic E-state index is 0.135. The number of sulfonamides is 1. The van der Waals surface area contributed by atoms with Gasteiger partial charge in [-0.05, 0) is 51.3 Å². The minimum atomic E-state index is -3.50. The van der Waals surface area contributed by atoms with E-state index >= 15 is 0 Å². The largest absolute Gasteiger partial charge is 0.354 e. The lowest BCUT2D eigenvalue weighted by Crippen LogP contribution is -2.48. The van der Waals surface area contributed by atoms with Gasteiger partial charge in [-0.1, -0.05) is 60.9 Å². The van der Waals surface area contributed by atoms with Gasteiger partial charge in [-0.25, -0.2) is 8.42 Å². The van der Waals surface area contributed by atoms with Crippen LogP contribution >= 0.6 is 0 Å². The molecule has 2 aromatic carbocycles. The standard InChI is InChI=1S/C27H39N3O4S/c1-6-7-18-28-27(32)23(4)29(20-24-14-10-21(2)11-15-24)26(31)9-8-19-30(35(5,33)34)25-16-12-22(3)13-17-25/h10-17,23H,6-9,18-20H2,1-5H3,(H,28,32)/t23-/m0/s1. The first-order valence-corrected chi connectivity index (χ1v) is 14.0. The molecule has 0 unspecified atom stereocenters. The molecule has 0 heterocycles. The summed E-state index contributed by atoms with van der Waals surface area (Å²) in [6.07, 6.45) is 3.49. The van der Waals surface area contributed by atoms with E-state index in [0.717, 1.165) is 29.5 Å². The first-order chi connectivity index (χ1) is 16.5. The topological polar surface area (TPSA) is 86.8 Å². The number of nitrogens with zero attached hydrogens (tertiary/aromatic N) is 2. The van der Waals surface area contributed by atoms with Crippen molar-refractivity contribution < 1.29 is 18.0 Å². The molecule has 0 aliphatic heterocycles. The third-order valence-corrected chi connectivity index (χ3v) is 7.14. The van der Waals surface area contributed by atoms with Crippen LogP contribution in [0.5, 0.6) is 0 Å². The Balaban J connectivity index is 2.12. The molecule has 192 valence electrons. The molecule has 0 fully saturated rings. The smallest absolute Gasteiger partial charge is 0.242 e. The highest BCUT2D eigenvalue weighted by molar-refractivity contribution is 7.92. The second-order valence-corrected chi connectivity index (χ2v) is 11.0. The minimum Gasteiger partial charge on any atom is -0.354 e. The first-order valence-electron chi connectivity index (χ1n) is 12.2. The Kier molecular flexibility index (Phi) is 10.8. The van der Waals surface area contributed by atoms with Crippen LogP contribution in [0, 0.1) is 13.8 Å². The van der Waals surface area contributed by atoms with E-state index in [9.17, 15) is 18.0 Å². The van der Waals surface area contributed by atoms with E-state index in [1.54, 1.807) is 24.0 Å². The van der Waals surface area contributed by atoms with E-state index in [4.69, 9.17) is 0 Å². The average molecular weight is 502 g/mol. The molecule has 0 radical (unpaired) electrons. The summed E-state index contributed by atoms with van der Waals surface area (Å²) in [6.45, 7) is 8.81. The molecule has 7 nitrogen and oxygen atoms in total. The van der Waals surface area contributed by atoms with Crippen LogP contribution in [0.2, 0.25) is 0 Å². The van der Waals surface area contributed by atoms with Crippen molar-refractivity contribution in [2.75, 3.05) is 23.7 Å². The molecule has 0 bridgehead atoms. The SMILES string of the molecule is CCCCNC(=O)[C@H](C)N(Cc1ccc(C)cc1)C(=O)CCCN(c1ccc(C)cc1)S(C)(=O)=O. The number of rotatable bonds is 13. The van der Waals surface area contributed by atoms with Crippen LogP contribution in [0.25, 0.3) is 0 Å². The maximum atomic E-state index is 13.3. The zero-order valence-electron chi connectivity index (χ0n) is 21.6. The van der Waals surface area contributed by atoms with E-state index in [0.29, 0.717) is 25.2 Å². The number of carbonyl (C=O) groups excluding carboxylic acids is 2. The van der Waals surface area contributed by atoms with E-state index in [1.807, 2.05) is 50.2 Å². The molecule has 0 aliphatic carbocycles. The van der Waals surface area contributed by atoms with Gasteiger partial charge in [0, 0.05) is 26.1 Å². The number of amides is 2. The van der Waals surface area contributed by atoms with Gasteiger partial charge >= 0.3 is 0 Å². The normalized spacial score (nSPS) is 12.1. The number of hydrogen-bond acceptors (Lipinski definition) is 4. The fourth-order valence-electron chi connectivity index (χ4n) is 3.72. The number of aryl methyl sites for hydroxylation is 2. The first kappa shape index (κ1) is 28.4. The third-order valence-electron chi connectivity index (χ3n) is 5.94. The summed E-state index contributed by atoms with van der Waals surface area (Å²) in [5, 5.41) is 2.91. The number of hydrogen-bond donors (Lipinski definition) is 1. The van der Waals surface area contributed by atoms with Crippen LogP contribution in [0.3, 0.4) is 0 Å². The summed E-state index contributed by atoms with van der Waals surface area (Å²) in [7, 11) is -3.50. The lowest BCUT2D eigenvalue weighted by Gasteiger charge is -2.29. The number of nitrogens with one attached hydrogen (secondary N) is 1. The molecule has 0 aliphatic rings. The quantitative estimate of drug-likeness (QED) is 0.417. The van der Waals surface area contributed by atoms with E-state index in [2.05, 4.69) is 12.2 Å². The summed E-state index contributed by atoms with van der Waals surface area (Å²) in [5.74, 6) is -0.364. The van der Waals surface area contributed by atoms with Crippen molar-refractivity contribution in [1.82, 2.24) is 10.2 Å².